The first kappa shape index (κ1) is 17.6. The van der Waals surface area contributed by atoms with Crippen molar-refractivity contribution in [3.63, 3.8) is 0 Å². The predicted octanol–water partition coefficient (Wildman–Crippen LogP) is 3.22. The summed E-state index contributed by atoms with van der Waals surface area (Å²) < 4.78 is 7.83. The number of hydrogen-bond acceptors (Lipinski definition) is 6. The van der Waals surface area contributed by atoms with E-state index in [0.29, 0.717) is 12.5 Å². The van der Waals surface area contributed by atoms with Crippen molar-refractivity contribution in [2.75, 3.05) is 24.6 Å². The van der Waals surface area contributed by atoms with E-state index in [-0.39, 0.29) is 6.10 Å². The molecule has 28 heavy (non-hydrogen) atoms. The molecule has 2 fully saturated rings. The SMILES string of the molecule is Cc1nc2cc(N3CCO[C@H](c4cnn(C)c4)C3)nc(C3CCC3)c2nc1C. The largest absolute Gasteiger partial charge is 0.370 e. The zero-order valence-corrected chi connectivity index (χ0v) is 16.7. The van der Waals surface area contributed by atoms with Gasteiger partial charge in [-0.3, -0.25) is 4.68 Å². The topological polar surface area (TPSA) is 69.0 Å². The van der Waals surface area contributed by atoms with Crippen molar-refractivity contribution < 1.29 is 4.74 Å². The fraction of sp³-hybridized carbons (Fsp3) is 0.524. The number of hydrogen-bond donors (Lipinski definition) is 0. The number of anilines is 1. The molecule has 3 aromatic rings. The summed E-state index contributed by atoms with van der Waals surface area (Å²) in [4.78, 5) is 17.1. The van der Waals surface area contributed by atoms with Crippen LogP contribution in [-0.4, -0.2) is 44.4 Å². The van der Waals surface area contributed by atoms with Gasteiger partial charge < -0.3 is 9.64 Å². The molecule has 0 unspecified atom stereocenters. The third-order valence-corrected chi connectivity index (χ3v) is 6.06. The van der Waals surface area contributed by atoms with Gasteiger partial charge in [-0.15, -0.1) is 0 Å². The lowest BCUT2D eigenvalue weighted by molar-refractivity contribution is 0.0395. The molecule has 1 aliphatic carbocycles. The molecule has 4 heterocycles. The van der Waals surface area contributed by atoms with Crippen LogP contribution in [0.3, 0.4) is 0 Å². The second kappa shape index (κ2) is 6.81. The molecule has 0 spiro atoms. The number of morpholine rings is 1. The third kappa shape index (κ3) is 3.03. The quantitative estimate of drug-likeness (QED) is 0.697. The lowest BCUT2D eigenvalue weighted by Gasteiger charge is -2.34. The van der Waals surface area contributed by atoms with Crippen LogP contribution < -0.4 is 4.90 Å². The van der Waals surface area contributed by atoms with Crippen molar-refractivity contribution in [3.8, 4) is 0 Å². The monoisotopic (exact) mass is 378 g/mol. The van der Waals surface area contributed by atoms with Gasteiger partial charge in [-0.05, 0) is 26.7 Å². The van der Waals surface area contributed by atoms with Gasteiger partial charge in [-0.2, -0.15) is 5.10 Å². The van der Waals surface area contributed by atoms with Crippen molar-refractivity contribution >= 4 is 16.9 Å². The Morgan fingerprint density at radius 3 is 2.64 bits per heavy atom. The maximum absolute atomic E-state index is 6.01. The van der Waals surface area contributed by atoms with Gasteiger partial charge >= 0.3 is 0 Å². The highest BCUT2D eigenvalue weighted by atomic mass is 16.5. The van der Waals surface area contributed by atoms with Gasteiger partial charge in [0, 0.05) is 43.9 Å². The van der Waals surface area contributed by atoms with E-state index in [9.17, 15) is 0 Å². The molecule has 0 N–H and O–H groups in total. The van der Waals surface area contributed by atoms with Crippen LogP contribution in [0.5, 0.6) is 0 Å². The summed E-state index contributed by atoms with van der Waals surface area (Å²) in [5.41, 5.74) is 6.15. The Morgan fingerprint density at radius 1 is 1.11 bits per heavy atom. The molecule has 0 bridgehead atoms. The number of aryl methyl sites for hydroxylation is 3. The molecule has 146 valence electrons. The Labute approximate surface area is 164 Å². The highest BCUT2D eigenvalue weighted by molar-refractivity contribution is 5.80. The molecule has 0 radical (unpaired) electrons. The number of aromatic nitrogens is 5. The normalized spacial score (nSPS) is 20.5. The van der Waals surface area contributed by atoms with E-state index in [1.54, 1.807) is 0 Å². The van der Waals surface area contributed by atoms with Crippen LogP contribution in [0.2, 0.25) is 0 Å². The first-order valence-electron chi connectivity index (χ1n) is 10.1. The van der Waals surface area contributed by atoms with Crippen molar-refractivity contribution in [1.29, 1.82) is 0 Å². The van der Waals surface area contributed by atoms with E-state index in [1.807, 2.05) is 38.0 Å². The van der Waals surface area contributed by atoms with Crippen molar-refractivity contribution in [3.05, 3.63) is 41.1 Å². The van der Waals surface area contributed by atoms with Crippen LogP contribution >= 0.6 is 0 Å². The van der Waals surface area contributed by atoms with Gasteiger partial charge in [-0.25, -0.2) is 15.0 Å². The van der Waals surface area contributed by atoms with Crippen LogP contribution in [0.25, 0.3) is 11.0 Å². The fourth-order valence-electron chi connectivity index (χ4n) is 4.03. The zero-order valence-electron chi connectivity index (χ0n) is 16.7. The van der Waals surface area contributed by atoms with Gasteiger partial charge in [0.1, 0.15) is 17.4 Å². The van der Waals surface area contributed by atoms with Gasteiger partial charge in [-0.1, -0.05) is 6.42 Å². The standard InChI is InChI=1S/C21H26N6O/c1-13-14(2)24-21-17(23-13)9-19(25-20(21)15-5-4-6-15)27-7-8-28-18(12-27)16-10-22-26(3)11-16/h9-11,15,18H,4-8,12H2,1-3H3/t18-/m0/s1. The minimum Gasteiger partial charge on any atom is -0.370 e. The molecule has 2 aliphatic rings. The minimum atomic E-state index is 0.0120. The highest BCUT2D eigenvalue weighted by Gasteiger charge is 2.28. The summed E-state index contributed by atoms with van der Waals surface area (Å²) in [6, 6.07) is 2.10. The molecular formula is C21H26N6O. The summed E-state index contributed by atoms with van der Waals surface area (Å²) in [6.45, 7) is 6.33. The number of nitrogens with zero attached hydrogens (tertiary/aromatic N) is 6. The maximum Gasteiger partial charge on any atom is 0.131 e. The molecule has 7 nitrogen and oxygen atoms in total. The number of ether oxygens (including phenoxy) is 1. The average Bonchev–Trinajstić information content (AvgIpc) is 3.08. The second-order valence-electron chi connectivity index (χ2n) is 8.01. The van der Waals surface area contributed by atoms with Gasteiger partial charge in [0.15, 0.2) is 0 Å². The summed E-state index contributed by atoms with van der Waals surface area (Å²) in [5, 5.41) is 4.29. The first-order chi connectivity index (χ1) is 13.6. The fourth-order valence-corrected chi connectivity index (χ4v) is 4.03. The lowest BCUT2D eigenvalue weighted by atomic mass is 9.82. The molecule has 1 saturated carbocycles. The number of pyridine rings is 1. The van der Waals surface area contributed by atoms with Crippen LogP contribution in [0.1, 0.15) is 53.9 Å². The van der Waals surface area contributed by atoms with Gasteiger partial charge in [0.2, 0.25) is 0 Å². The maximum atomic E-state index is 6.01. The molecule has 7 heteroatoms. The van der Waals surface area contributed by atoms with E-state index >= 15 is 0 Å². The van der Waals surface area contributed by atoms with Crippen molar-refractivity contribution in [2.24, 2.45) is 7.05 Å². The van der Waals surface area contributed by atoms with Crippen LogP contribution in [0.15, 0.2) is 18.5 Å². The average molecular weight is 378 g/mol. The summed E-state index contributed by atoms with van der Waals surface area (Å²) >= 11 is 0. The Bertz CT molecular complexity index is 1030. The van der Waals surface area contributed by atoms with Gasteiger partial charge in [0.25, 0.3) is 0 Å². The molecule has 0 amide bonds. The molecule has 0 aromatic carbocycles. The van der Waals surface area contributed by atoms with E-state index in [2.05, 4.69) is 16.1 Å². The van der Waals surface area contributed by atoms with E-state index in [1.165, 1.54) is 19.3 Å². The Balaban J connectivity index is 1.53. The molecule has 3 aromatic heterocycles. The molecule has 1 saturated heterocycles. The molecule has 5 rings (SSSR count). The molecule has 1 atom stereocenters. The Morgan fingerprint density at radius 2 is 1.93 bits per heavy atom. The number of fused-ring (bicyclic) bond motifs is 1. The first-order valence-corrected chi connectivity index (χ1v) is 10.1. The smallest absolute Gasteiger partial charge is 0.131 e. The summed E-state index contributed by atoms with van der Waals surface area (Å²) in [7, 11) is 1.93. The summed E-state index contributed by atoms with van der Waals surface area (Å²) in [6.07, 6.45) is 7.59. The minimum absolute atomic E-state index is 0.0120. The second-order valence-corrected chi connectivity index (χ2v) is 8.01. The Kier molecular flexibility index (Phi) is 4.27. The van der Waals surface area contributed by atoms with E-state index in [4.69, 9.17) is 19.7 Å². The van der Waals surface area contributed by atoms with Crippen molar-refractivity contribution in [2.45, 2.75) is 45.1 Å². The highest BCUT2D eigenvalue weighted by Crippen LogP contribution is 2.39. The van der Waals surface area contributed by atoms with E-state index in [0.717, 1.165) is 52.6 Å². The zero-order chi connectivity index (χ0) is 19.3. The predicted molar refractivity (Wildman–Crippen MR) is 108 cm³/mol. The van der Waals surface area contributed by atoms with Crippen LogP contribution in [0, 0.1) is 13.8 Å². The molecular weight excluding hydrogens is 352 g/mol. The summed E-state index contributed by atoms with van der Waals surface area (Å²) in [5.74, 6) is 1.50. The van der Waals surface area contributed by atoms with E-state index < -0.39 is 0 Å². The van der Waals surface area contributed by atoms with Crippen LogP contribution in [0.4, 0.5) is 5.82 Å². The molecule has 1 aliphatic heterocycles. The third-order valence-electron chi connectivity index (χ3n) is 6.06. The van der Waals surface area contributed by atoms with Gasteiger partial charge in [0.05, 0.1) is 35.4 Å². The Hall–Kier alpha value is -2.54. The lowest BCUT2D eigenvalue weighted by Crippen LogP contribution is -2.39. The number of rotatable bonds is 3. The van der Waals surface area contributed by atoms with Crippen LogP contribution in [-0.2, 0) is 11.8 Å². The van der Waals surface area contributed by atoms with Crippen molar-refractivity contribution in [1.82, 2.24) is 24.7 Å².